The van der Waals surface area contributed by atoms with Gasteiger partial charge >= 0.3 is 0 Å². The minimum Gasteiger partial charge on any atom is -0.296 e. The summed E-state index contributed by atoms with van der Waals surface area (Å²) in [5.41, 5.74) is 0.924. The second kappa shape index (κ2) is 4.93. The van der Waals surface area contributed by atoms with Crippen LogP contribution in [0.25, 0.3) is 0 Å². The molecule has 2 heterocycles. The van der Waals surface area contributed by atoms with Gasteiger partial charge in [0.15, 0.2) is 0 Å². The summed E-state index contributed by atoms with van der Waals surface area (Å²) in [5, 5.41) is 5.13. The van der Waals surface area contributed by atoms with Crippen molar-refractivity contribution in [3.63, 3.8) is 0 Å². The topological polar surface area (TPSA) is 59.1 Å². The highest BCUT2D eigenvalue weighted by Gasteiger charge is 2.39. The van der Waals surface area contributed by atoms with Crippen molar-refractivity contribution in [3.05, 3.63) is 52.5 Å². The lowest BCUT2D eigenvalue weighted by Crippen LogP contribution is -2.43. The normalized spacial score (nSPS) is 23.2. The number of nitrogens with zero attached hydrogens (tertiary/aromatic N) is 1. The lowest BCUT2D eigenvalue weighted by molar-refractivity contribution is -0.135. The lowest BCUT2D eigenvalue weighted by Gasteiger charge is -2.28. The summed E-state index contributed by atoms with van der Waals surface area (Å²) in [6, 6.07) is 9.55. The molecule has 2 amide bonds. The fourth-order valence-corrected chi connectivity index (χ4v) is 3.24. The Hall–Kier alpha value is -2.01. The summed E-state index contributed by atoms with van der Waals surface area (Å²) in [6.07, 6.45) is 2.01. The second-order valence-corrected chi connectivity index (χ2v) is 5.41. The number of hydrogen-bond acceptors (Lipinski definition) is 4. The smallest absolute Gasteiger partial charge is 0.234 e. The van der Waals surface area contributed by atoms with E-state index in [1.165, 1.54) is 11.3 Å². The molecule has 0 aliphatic carbocycles. The third kappa shape index (κ3) is 2.29. The molecule has 5 heteroatoms. The Bertz CT molecular complexity index is 595. The van der Waals surface area contributed by atoms with E-state index < -0.39 is 0 Å². The molecule has 0 saturated carbocycles. The predicted molar refractivity (Wildman–Crippen MR) is 71.8 cm³/mol. The molecular formula is C14H12N2O2S. The summed E-state index contributed by atoms with van der Waals surface area (Å²) in [6.45, 7) is 0. The van der Waals surface area contributed by atoms with Crippen LogP contribution in [-0.4, -0.2) is 16.8 Å². The molecule has 2 aromatic rings. The predicted octanol–water partition coefficient (Wildman–Crippen LogP) is 2.06. The summed E-state index contributed by atoms with van der Waals surface area (Å²) >= 11 is 1.49. The molecule has 3 rings (SSSR count). The number of amides is 2. The van der Waals surface area contributed by atoms with Crippen molar-refractivity contribution in [1.82, 2.24) is 10.3 Å². The highest BCUT2D eigenvalue weighted by molar-refractivity contribution is 7.09. The molecule has 1 fully saturated rings. The van der Waals surface area contributed by atoms with E-state index in [2.05, 4.69) is 10.3 Å². The zero-order chi connectivity index (χ0) is 13.2. The molecule has 19 heavy (non-hydrogen) atoms. The van der Waals surface area contributed by atoms with Crippen LogP contribution in [0.1, 0.15) is 28.8 Å². The van der Waals surface area contributed by atoms with E-state index in [9.17, 15) is 9.59 Å². The van der Waals surface area contributed by atoms with Gasteiger partial charge in [-0.25, -0.2) is 4.98 Å². The van der Waals surface area contributed by atoms with Gasteiger partial charge in [0.2, 0.25) is 11.8 Å². The highest BCUT2D eigenvalue weighted by Crippen LogP contribution is 2.38. The molecule has 2 unspecified atom stereocenters. The van der Waals surface area contributed by atoms with E-state index in [0.29, 0.717) is 6.42 Å². The maximum atomic E-state index is 12.2. The molecule has 1 N–H and O–H groups in total. The van der Waals surface area contributed by atoms with Crippen LogP contribution in [0.4, 0.5) is 0 Å². The largest absolute Gasteiger partial charge is 0.296 e. The number of piperidine rings is 1. The fraction of sp³-hybridized carbons (Fsp3) is 0.214. The van der Waals surface area contributed by atoms with Crippen LogP contribution < -0.4 is 5.32 Å². The number of hydrogen-bond donors (Lipinski definition) is 1. The molecule has 1 aromatic carbocycles. The van der Waals surface area contributed by atoms with Gasteiger partial charge in [0.25, 0.3) is 0 Å². The molecule has 4 nitrogen and oxygen atoms in total. The summed E-state index contributed by atoms with van der Waals surface area (Å²) in [5.74, 6) is -0.964. The number of carbonyl (C=O) groups excluding carboxylic acids is 2. The van der Waals surface area contributed by atoms with Gasteiger partial charge in [-0.2, -0.15) is 0 Å². The van der Waals surface area contributed by atoms with Crippen LogP contribution in [0.2, 0.25) is 0 Å². The summed E-state index contributed by atoms with van der Waals surface area (Å²) < 4.78 is 0. The first-order chi connectivity index (χ1) is 9.25. The first kappa shape index (κ1) is 12.0. The molecule has 96 valence electrons. The Balaban J connectivity index is 2.02. The third-order valence-electron chi connectivity index (χ3n) is 3.28. The Morgan fingerprint density at radius 1 is 1.21 bits per heavy atom. The van der Waals surface area contributed by atoms with E-state index in [4.69, 9.17) is 0 Å². The number of benzene rings is 1. The molecule has 0 spiro atoms. The highest BCUT2D eigenvalue weighted by atomic mass is 32.1. The zero-order valence-electron chi connectivity index (χ0n) is 10.1. The average molecular weight is 272 g/mol. The van der Waals surface area contributed by atoms with Crippen molar-refractivity contribution in [2.45, 2.75) is 18.3 Å². The Morgan fingerprint density at radius 3 is 2.68 bits per heavy atom. The van der Waals surface area contributed by atoms with Crippen LogP contribution in [0.3, 0.4) is 0 Å². The fourth-order valence-electron chi connectivity index (χ4n) is 2.46. The van der Waals surface area contributed by atoms with Gasteiger partial charge < -0.3 is 0 Å². The van der Waals surface area contributed by atoms with Crippen LogP contribution in [0.5, 0.6) is 0 Å². The lowest BCUT2D eigenvalue weighted by atomic mass is 9.81. The van der Waals surface area contributed by atoms with Gasteiger partial charge in [0.05, 0.1) is 10.9 Å². The maximum absolute atomic E-state index is 12.2. The van der Waals surface area contributed by atoms with Crippen molar-refractivity contribution >= 4 is 23.2 Å². The van der Waals surface area contributed by atoms with Crippen LogP contribution in [0, 0.1) is 0 Å². The average Bonchev–Trinajstić information content (AvgIpc) is 2.92. The van der Waals surface area contributed by atoms with Gasteiger partial charge in [-0.3, -0.25) is 14.9 Å². The summed E-state index contributed by atoms with van der Waals surface area (Å²) in [7, 11) is 0. The molecular weight excluding hydrogens is 260 g/mol. The van der Waals surface area contributed by atoms with E-state index in [0.717, 1.165) is 10.6 Å². The minimum atomic E-state index is -0.343. The Labute approximate surface area is 114 Å². The molecule has 1 saturated heterocycles. The SMILES string of the molecule is O=C1CC(c2nccs2)C(c2ccccc2)C(=O)N1. The number of carbonyl (C=O) groups is 2. The van der Waals surface area contributed by atoms with E-state index >= 15 is 0 Å². The first-order valence-electron chi connectivity index (χ1n) is 6.04. The standard InChI is InChI=1S/C14H12N2O2S/c17-11-8-10(14-15-6-7-19-14)12(13(18)16-11)9-4-2-1-3-5-9/h1-7,10,12H,8H2,(H,16,17,18). The van der Waals surface area contributed by atoms with E-state index in [1.54, 1.807) is 6.20 Å². The Kier molecular flexibility index (Phi) is 3.13. The minimum absolute atomic E-state index is 0.163. The second-order valence-electron chi connectivity index (χ2n) is 4.48. The number of imide groups is 1. The van der Waals surface area contributed by atoms with Crippen LogP contribution >= 0.6 is 11.3 Å². The van der Waals surface area contributed by atoms with Crippen LogP contribution in [0.15, 0.2) is 41.9 Å². The summed E-state index contributed by atoms with van der Waals surface area (Å²) in [4.78, 5) is 28.0. The molecule has 1 aromatic heterocycles. The quantitative estimate of drug-likeness (QED) is 0.851. The molecule has 2 atom stereocenters. The maximum Gasteiger partial charge on any atom is 0.234 e. The van der Waals surface area contributed by atoms with E-state index in [1.807, 2.05) is 35.7 Å². The van der Waals surface area contributed by atoms with Gasteiger partial charge in [-0.1, -0.05) is 30.3 Å². The molecule has 1 aliphatic rings. The Morgan fingerprint density at radius 2 is 2.00 bits per heavy atom. The number of aromatic nitrogens is 1. The van der Waals surface area contributed by atoms with Crippen molar-refractivity contribution in [2.24, 2.45) is 0 Å². The number of thiazole rings is 1. The van der Waals surface area contributed by atoms with Crippen molar-refractivity contribution in [3.8, 4) is 0 Å². The number of rotatable bonds is 2. The van der Waals surface area contributed by atoms with Gasteiger partial charge in [0, 0.05) is 23.9 Å². The molecule has 1 aliphatic heterocycles. The monoisotopic (exact) mass is 272 g/mol. The van der Waals surface area contributed by atoms with Gasteiger partial charge in [0.1, 0.15) is 0 Å². The zero-order valence-corrected chi connectivity index (χ0v) is 10.9. The molecule has 0 bridgehead atoms. The van der Waals surface area contributed by atoms with Gasteiger partial charge in [-0.15, -0.1) is 11.3 Å². The molecule has 0 radical (unpaired) electrons. The van der Waals surface area contributed by atoms with Crippen molar-refractivity contribution < 1.29 is 9.59 Å². The van der Waals surface area contributed by atoms with Crippen molar-refractivity contribution in [2.75, 3.05) is 0 Å². The first-order valence-corrected chi connectivity index (χ1v) is 6.91. The third-order valence-corrected chi connectivity index (χ3v) is 4.19. The van der Waals surface area contributed by atoms with Crippen molar-refractivity contribution in [1.29, 1.82) is 0 Å². The van der Waals surface area contributed by atoms with Crippen LogP contribution in [-0.2, 0) is 9.59 Å². The van der Waals surface area contributed by atoms with E-state index in [-0.39, 0.29) is 23.7 Å². The number of nitrogens with one attached hydrogen (secondary N) is 1. The van der Waals surface area contributed by atoms with Gasteiger partial charge in [-0.05, 0) is 5.56 Å².